The first-order chi connectivity index (χ1) is 5.55. The van der Waals surface area contributed by atoms with Crippen LogP contribution in [0.15, 0.2) is 0 Å². The van der Waals surface area contributed by atoms with Crippen molar-refractivity contribution in [3.8, 4) is 0 Å². The highest BCUT2D eigenvalue weighted by atomic mass is 19.4. The van der Waals surface area contributed by atoms with Gasteiger partial charge in [0, 0.05) is 6.61 Å². The molecule has 0 saturated heterocycles. The van der Waals surface area contributed by atoms with Crippen molar-refractivity contribution in [2.24, 2.45) is 11.8 Å². The summed E-state index contributed by atoms with van der Waals surface area (Å²) < 4.78 is 36.8. The van der Waals surface area contributed by atoms with E-state index < -0.39 is 18.0 Å². The Morgan fingerprint density at radius 1 is 1.17 bits per heavy atom. The van der Waals surface area contributed by atoms with Gasteiger partial charge < -0.3 is 5.11 Å². The van der Waals surface area contributed by atoms with Crippen molar-refractivity contribution >= 4 is 0 Å². The lowest BCUT2D eigenvalue weighted by molar-refractivity contribution is -0.199. The first-order valence-electron chi connectivity index (χ1n) is 4.23. The molecule has 0 aromatic carbocycles. The van der Waals surface area contributed by atoms with E-state index in [0.717, 1.165) is 6.42 Å². The zero-order valence-corrected chi connectivity index (χ0v) is 6.77. The van der Waals surface area contributed by atoms with Crippen molar-refractivity contribution < 1.29 is 18.3 Å². The topological polar surface area (TPSA) is 20.2 Å². The monoisotopic (exact) mass is 182 g/mol. The minimum absolute atomic E-state index is 0.189. The van der Waals surface area contributed by atoms with Gasteiger partial charge in [-0.05, 0) is 18.8 Å². The SMILES string of the molecule is OCC1CCCCC1C(F)(F)F. The molecule has 0 aromatic rings. The van der Waals surface area contributed by atoms with Gasteiger partial charge in [-0.15, -0.1) is 0 Å². The molecular formula is C8H13F3O. The molecule has 72 valence electrons. The Labute approximate surface area is 69.6 Å². The fourth-order valence-corrected chi connectivity index (χ4v) is 1.86. The highest BCUT2D eigenvalue weighted by Crippen LogP contribution is 2.40. The Kier molecular flexibility index (Phi) is 2.99. The fourth-order valence-electron chi connectivity index (χ4n) is 1.86. The highest BCUT2D eigenvalue weighted by Gasteiger charge is 2.44. The van der Waals surface area contributed by atoms with Gasteiger partial charge in [0.1, 0.15) is 0 Å². The van der Waals surface area contributed by atoms with Gasteiger partial charge in [0.15, 0.2) is 0 Å². The van der Waals surface area contributed by atoms with Gasteiger partial charge in [0.25, 0.3) is 0 Å². The molecule has 1 aliphatic rings. The highest BCUT2D eigenvalue weighted by molar-refractivity contribution is 4.79. The normalized spacial score (nSPS) is 32.0. The minimum atomic E-state index is -4.12. The molecule has 0 heterocycles. The maximum atomic E-state index is 12.3. The van der Waals surface area contributed by atoms with Gasteiger partial charge in [-0.25, -0.2) is 0 Å². The minimum Gasteiger partial charge on any atom is -0.396 e. The fraction of sp³-hybridized carbons (Fsp3) is 1.00. The summed E-state index contributed by atoms with van der Waals surface area (Å²) in [5.74, 6) is -1.82. The summed E-state index contributed by atoms with van der Waals surface area (Å²) >= 11 is 0. The summed E-state index contributed by atoms with van der Waals surface area (Å²) in [6.45, 7) is -0.329. The molecular weight excluding hydrogens is 169 g/mol. The number of rotatable bonds is 1. The third-order valence-corrected chi connectivity index (χ3v) is 2.56. The van der Waals surface area contributed by atoms with Crippen LogP contribution in [0.4, 0.5) is 13.2 Å². The largest absolute Gasteiger partial charge is 0.396 e. The number of aliphatic hydroxyl groups excluding tert-OH is 1. The van der Waals surface area contributed by atoms with Gasteiger partial charge in [-0.2, -0.15) is 13.2 Å². The van der Waals surface area contributed by atoms with Gasteiger partial charge in [-0.1, -0.05) is 12.8 Å². The van der Waals surface area contributed by atoms with Crippen molar-refractivity contribution in [3.05, 3.63) is 0 Å². The second-order valence-corrected chi connectivity index (χ2v) is 3.38. The number of hydrogen-bond acceptors (Lipinski definition) is 1. The van der Waals surface area contributed by atoms with Gasteiger partial charge >= 0.3 is 6.18 Å². The molecule has 12 heavy (non-hydrogen) atoms. The predicted molar refractivity (Wildman–Crippen MR) is 38.6 cm³/mol. The third-order valence-electron chi connectivity index (χ3n) is 2.56. The molecule has 1 fully saturated rings. The first-order valence-corrected chi connectivity index (χ1v) is 4.23. The van der Waals surface area contributed by atoms with Crippen LogP contribution in [0.5, 0.6) is 0 Å². The summed E-state index contributed by atoms with van der Waals surface area (Å²) in [6, 6.07) is 0. The molecule has 0 aliphatic heterocycles. The van der Waals surface area contributed by atoms with E-state index >= 15 is 0 Å². The number of aliphatic hydroxyl groups is 1. The van der Waals surface area contributed by atoms with Crippen LogP contribution in [-0.2, 0) is 0 Å². The van der Waals surface area contributed by atoms with Crippen molar-refractivity contribution in [1.82, 2.24) is 0 Å². The maximum absolute atomic E-state index is 12.3. The lowest BCUT2D eigenvalue weighted by Crippen LogP contribution is -2.34. The molecule has 2 unspecified atom stereocenters. The van der Waals surface area contributed by atoms with Gasteiger partial charge in [-0.3, -0.25) is 0 Å². The van der Waals surface area contributed by atoms with E-state index in [9.17, 15) is 13.2 Å². The van der Waals surface area contributed by atoms with Crippen LogP contribution >= 0.6 is 0 Å². The first kappa shape index (κ1) is 9.84. The van der Waals surface area contributed by atoms with E-state index in [1.807, 2.05) is 0 Å². The summed E-state index contributed by atoms with van der Waals surface area (Å²) in [6.07, 6.45) is -1.96. The number of alkyl halides is 3. The standard InChI is InChI=1S/C8H13F3O/c9-8(10,11)7-4-2-1-3-6(7)5-12/h6-7,12H,1-5H2. The Hall–Kier alpha value is -0.250. The van der Waals surface area contributed by atoms with Crippen molar-refractivity contribution in [3.63, 3.8) is 0 Å². The van der Waals surface area contributed by atoms with E-state index in [4.69, 9.17) is 5.11 Å². The maximum Gasteiger partial charge on any atom is 0.392 e. The molecule has 1 saturated carbocycles. The van der Waals surface area contributed by atoms with Crippen LogP contribution in [-0.4, -0.2) is 17.9 Å². The number of halogens is 3. The quantitative estimate of drug-likeness (QED) is 0.660. The molecule has 1 rings (SSSR count). The average Bonchev–Trinajstić information content (AvgIpc) is 2.03. The van der Waals surface area contributed by atoms with Crippen molar-refractivity contribution in [2.45, 2.75) is 31.9 Å². The van der Waals surface area contributed by atoms with Crippen molar-refractivity contribution in [2.75, 3.05) is 6.61 Å². The Morgan fingerprint density at radius 3 is 2.17 bits per heavy atom. The van der Waals surface area contributed by atoms with E-state index in [-0.39, 0.29) is 13.0 Å². The van der Waals surface area contributed by atoms with Crippen LogP contribution in [0.2, 0.25) is 0 Å². The van der Waals surface area contributed by atoms with Crippen LogP contribution < -0.4 is 0 Å². The van der Waals surface area contributed by atoms with Crippen molar-refractivity contribution in [1.29, 1.82) is 0 Å². The van der Waals surface area contributed by atoms with E-state index in [2.05, 4.69) is 0 Å². The number of hydrogen-bond donors (Lipinski definition) is 1. The molecule has 0 radical (unpaired) electrons. The summed E-state index contributed by atoms with van der Waals surface area (Å²) in [5, 5.41) is 8.72. The molecule has 1 aliphatic carbocycles. The van der Waals surface area contributed by atoms with Crippen LogP contribution in [0.3, 0.4) is 0 Å². The van der Waals surface area contributed by atoms with Gasteiger partial charge in [0.2, 0.25) is 0 Å². The zero-order chi connectivity index (χ0) is 9.19. The molecule has 4 heteroatoms. The lowest BCUT2D eigenvalue weighted by atomic mass is 9.79. The third kappa shape index (κ3) is 2.12. The summed E-state index contributed by atoms with van der Waals surface area (Å²) in [4.78, 5) is 0. The lowest BCUT2D eigenvalue weighted by Gasteiger charge is -2.31. The second-order valence-electron chi connectivity index (χ2n) is 3.38. The molecule has 1 N–H and O–H groups in total. The second kappa shape index (κ2) is 3.64. The van der Waals surface area contributed by atoms with Crippen LogP contribution in [0, 0.1) is 11.8 Å². The molecule has 2 atom stereocenters. The summed E-state index contributed by atoms with van der Waals surface area (Å²) in [5.41, 5.74) is 0. The Morgan fingerprint density at radius 2 is 1.75 bits per heavy atom. The molecule has 1 nitrogen and oxygen atoms in total. The van der Waals surface area contributed by atoms with Gasteiger partial charge in [0.05, 0.1) is 5.92 Å². The molecule has 0 amide bonds. The molecule has 0 spiro atoms. The summed E-state index contributed by atoms with van der Waals surface area (Å²) in [7, 11) is 0. The average molecular weight is 182 g/mol. The van der Waals surface area contributed by atoms with E-state index in [1.54, 1.807) is 0 Å². The smallest absolute Gasteiger partial charge is 0.392 e. The van der Waals surface area contributed by atoms with Crippen LogP contribution in [0.25, 0.3) is 0 Å². The Bertz CT molecular complexity index is 144. The predicted octanol–water partition coefficient (Wildman–Crippen LogP) is 2.35. The van der Waals surface area contributed by atoms with E-state index in [1.165, 1.54) is 0 Å². The zero-order valence-electron chi connectivity index (χ0n) is 6.77. The Balaban J connectivity index is 2.59. The van der Waals surface area contributed by atoms with Crippen LogP contribution in [0.1, 0.15) is 25.7 Å². The molecule has 0 aromatic heterocycles. The molecule has 0 bridgehead atoms. The van der Waals surface area contributed by atoms with E-state index in [0.29, 0.717) is 12.8 Å².